The van der Waals surface area contributed by atoms with Crippen molar-refractivity contribution in [3.63, 3.8) is 0 Å². The van der Waals surface area contributed by atoms with Gasteiger partial charge in [0.2, 0.25) is 0 Å². The normalized spacial score (nSPS) is 25.2. The quantitative estimate of drug-likeness (QED) is 0.768. The van der Waals surface area contributed by atoms with Crippen molar-refractivity contribution in [2.75, 3.05) is 11.5 Å². The highest BCUT2D eigenvalue weighted by Crippen LogP contribution is 2.21. The predicted molar refractivity (Wildman–Crippen MR) is 70.3 cm³/mol. The van der Waals surface area contributed by atoms with Gasteiger partial charge in [0.05, 0.1) is 16.6 Å². The fourth-order valence-corrected chi connectivity index (χ4v) is 3.72. The van der Waals surface area contributed by atoms with Crippen LogP contribution in [-0.4, -0.2) is 41.3 Å². The van der Waals surface area contributed by atoms with Crippen molar-refractivity contribution in [2.24, 2.45) is 0 Å². The molecule has 0 saturated carbocycles. The maximum atomic E-state index is 12.0. The molecule has 0 unspecified atom stereocenters. The Balaban J connectivity index is 2.14. The van der Waals surface area contributed by atoms with Gasteiger partial charge in [0.25, 0.3) is 5.91 Å². The lowest BCUT2D eigenvalue weighted by molar-refractivity contribution is 0.0937. The Morgan fingerprint density at radius 3 is 2.74 bits per heavy atom. The summed E-state index contributed by atoms with van der Waals surface area (Å²) >= 11 is 0. The van der Waals surface area contributed by atoms with Crippen LogP contribution in [0.4, 0.5) is 5.82 Å². The summed E-state index contributed by atoms with van der Waals surface area (Å²) in [4.78, 5) is 19.8. The fraction of sp³-hybridized carbons (Fsp3) is 0.545. The Kier molecular flexibility index (Phi) is 3.44. The van der Waals surface area contributed by atoms with Gasteiger partial charge in [-0.2, -0.15) is 0 Å². The van der Waals surface area contributed by atoms with E-state index < -0.39 is 27.0 Å². The molecule has 0 radical (unpaired) electrons. The number of carbonyl (C=O) groups excluding carboxylic acids is 1. The third kappa shape index (κ3) is 2.67. The molecule has 1 aromatic heterocycles. The van der Waals surface area contributed by atoms with Gasteiger partial charge in [-0.15, -0.1) is 0 Å². The topological polar surface area (TPSA) is 115 Å². The average Bonchev–Trinajstić information content (AvgIpc) is 2.56. The van der Waals surface area contributed by atoms with E-state index in [0.29, 0.717) is 12.2 Å². The van der Waals surface area contributed by atoms with Gasteiger partial charge in [-0.1, -0.05) is 0 Å². The molecule has 7 nitrogen and oxygen atoms in total. The molecule has 0 bridgehead atoms. The summed E-state index contributed by atoms with van der Waals surface area (Å²) in [7, 11) is -3.10. The SMILES string of the molecule is Cc1ncc(C(=O)N[C@H]2CCS(=O)(=O)[C@H]2C)c(N)n1. The number of amides is 1. The maximum absolute atomic E-state index is 12.0. The smallest absolute Gasteiger partial charge is 0.256 e. The lowest BCUT2D eigenvalue weighted by Crippen LogP contribution is -2.40. The Morgan fingerprint density at radius 2 is 2.21 bits per heavy atom. The Morgan fingerprint density at radius 1 is 1.53 bits per heavy atom. The minimum absolute atomic E-state index is 0.0958. The minimum atomic E-state index is -3.10. The molecule has 1 aromatic rings. The van der Waals surface area contributed by atoms with Crippen LogP contribution in [0.1, 0.15) is 29.5 Å². The van der Waals surface area contributed by atoms with Gasteiger partial charge in [-0.25, -0.2) is 18.4 Å². The number of nitrogen functional groups attached to an aromatic ring is 1. The Hall–Kier alpha value is -1.70. The van der Waals surface area contributed by atoms with Crippen LogP contribution < -0.4 is 11.1 Å². The van der Waals surface area contributed by atoms with Crippen molar-refractivity contribution in [2.45, 2.75) is 31.6 Å². The van der Waals surface area contributed by atoms with E-state index in [1.807, 2.05) is 0 Å². The highest BCUT2D eigenvalue weighted by molar-refractivity contribution is 7.92. The van der Waals surface area contributed by atoms with Crippen molar-refractivity contribution < 1.29 is 13.2 Å². The van der Waals surface area contributed by atoms with E-state index in [9.17, 15) is 13.2 Å². The largest absolute Gasteiger partial charge is 0.383 e. The molecule has 8 heteroatoms. The molecule has 2 atom stereocenters. The summed E-state index contributed by atoms with van der Waals surface area (Å²) in [6, 6.07) is -0.391. The molecule has 1 amide bonds. The molecular weight excluding hydrogens is 268 g/mol. The first-order valence-corrected chi connectivity index (χ1v) is 7.64. The van der Waals surface area contributed by atoms with Crippen LogP contribution in [0.15, 0.2) is 6.20 Å². The molecule has 0 spiro atoms. The zero-order valence-corrected chi connectivity index (χ0v) is 11.6. The van der Waals surface area contributed by atoms with Crippen molar-refractivity contribution >= 4 is 21.6 Å². The molecule has 2 rings (SSSR count). The molecule has 2 heterocycles. The predicted octanol–water partition coefficient (Wildman–Crippen LogP) is -0.327. The highest BCUT2D eigenvalue weighted by Gasteiger charge is 2.37. The van der Waals surface area contributed by atoms with E-state index in [1.54, 1.807) is 13.8 Å². The van der Waals surface area contributed by atoms with Crippen LogP contribution in [0.2, 0.25) is 0 Å². The number of hydrogen-bond acceptors (Lipinski definition) is 6. The summed E-state index contributed by atoms with van der Waals surface area (Å²) in [5.74, 6) is 0.231. The summed E-state index contributed by atoms with van der Waals surface area (Å²) in [5, 5.41) is 2.10. The maximum Gasteiger partial charge on any atom is 0.256 e. The zero-order valence-electron chi connectivity index (χ0n) is 10.8. The second-order valence-corrected chi connectivity index (χ2v) is 7.13. The lowest BCUT2D eigenvalue weighted by Gasteiger charge is -2.16. The monoisotopic (exact) mass is 284 g/mol. The number of carbonyl (C=O) groups is 1. The van der Waals surface area contributed by atoms with Crippen molar-refractivity contribution in [3.05, 3.63) is 17.6 Å². The van der Waals surface area contributed by atoms with Crippen LogP contribution in [0.5, 0.6) is 0 Å². The van der Waals surface area contributed by atoms with Crippen LogP contribution >= 0.6 is 0 Å². The van der Waals surface area contributed by atoms with E-state index in [1.165, 1.54) is 6.20 Å². The molecule has 1 aliphatic heterocycles. The summed E-state index contributed by atoms with van der Waals surface area (Å²) in [6.45, 7) is 3.27. The third-order valence-corrected chi connectivity index (χ3v) is 5.61. The van der Waals surface area contributed by atoms with E-state index in [-0.39, 0.29) is 17.1 Å². The molecule has 1 fully saturated rings. The van der Waals surface area contributed by atoms with Crippen LogP contribution in [0.25, 0.3) is 0 Å². The lowest BCUT2D eigenvalue weighted by atomic mass is 10.1. The van der Waals surface area contributed by atoms with Crippen molar-refractivity contribution in [1.82, 2.24) is 15.3 Å². The number of nitrogens with two attached hydrogens (primary N) is 1. The van der Waals surface area contributed by atoms with Gasteiger partial charge in [0, 0.05) is 12.2 Å². The van der Waals surface area contributed by atoms with E-state index in [4.69, 9.17) is 5.73 Å². The van der Waals surface area contributed by atoms with Gasteiger partial charge in [0.15, 0.2) is 9.84 Å². The van der Waals surface area contributed by atoms with E-state index in [0.717, 1.165) is 0 Å². The summed E-state index contributed by atoms with van der Waals surface area (Å²) < 4.78 is 23.2. The third-order valence-electron chi connectivity index (χ3n) is 3.35. The number of aromatic nitrogens is 2. The second-order valence-electron chi connectivity index (χ2n) is 4.66. The summed E-state index contributed by atoms with van der Waals surface area (Å²) in [6.07, 6.45) is 1.77. The number of nitrogens with zero attached hydrogens (tertiary/aromatic N) is 2. The first-order valence-electron chi connectivity index (χ1n) is 5.93. The molecule has 1 saturated heterocycles. The average molecular weight is 284 g/mol. The van der Waals surface area contributed by atoms with Crippen molar-refractivity contribution in [3.8, 4) is 0 Å². The molecule has 104 valence electrons. The molecule has 1 aliphatic rings. The Bertz CT molecular complexity index is 614. The van der Waals surface area contributed by atoms with Crippen LogP contribution in [-0.2, 0) is 9.84 Å². The van der Waals surface area contributed by atoms with Crippen LogP contribution in [0.3, 0.4) is 0 Å². The number of nitrogens with one attached hydrogen (secondary N) is 1. The molecule has 0 aromatic carbocycles. The van der Waals surface area contributed by atoms with Gasteiger partial charge in [-0.05, 0) is 20.3 Å². The van der Waals surface area contributed by atoms with E-state index in [2.05, 4.69) is 15.3 Å². The first-order chi connectivity index (χ1) is 8.81. The number of anilines is 1. The number of hydrogen-bond donors (Lipinski definition) is 2. The Labute approximate surface area is 111 Å². The number of aryl methyl sites for hydroxylation is 1. The minimum Gasteiger partial charge on any atom is -0.383 e. The van der Waals surface area contributed by atoms with Gasteiger partial charge in [-0.3, -0.25) is 4.79 Å². The first kappa shape index (κ1) is 13.7. The second kappa shape index (κ2) is 4.76. The zero-order chi connectivity index (χ0) is 14.2. The summed E-state index contributed by atoms with van der Waals surface area (Å²) in [5.41, 5.74) is 5.82. The van der Waals surface area contributed by atoms with Gasteiger partial charge in [0.1, 0.15) is 11.6 Å². The van der Waals surface area contributed by atoms with Crippen molar-refractivity contribution in [1.29, 1.82) is 0 Å². The molecule has 3 N–H and O–H groups in total. The standard InChI is InChI=1S/C11H16N4O3S/c1-6-9(3-4-19(6,17)18)15-11(16)8-5-13-7(2)14-10(8)12/h5-6,9H,3-4H2,1-2H3,(H,15,16)(H2,12,13,14)/t6-,9-/m0/s1. The molecule has 0 aliphatic carbocycles. The van der Waals surface area contributed by atoms with E-state index >= 15 is 0 Å². The van der Waals surface area contributed by atoms with Gasteiger partial charge >= 0.3 is 0 Å². The van der Waals surface area contributed by atoms with Gasteiger partial charge < -0.3 is 11.1 Å². The molecular formula is C11H16N4O3S. The highest BCUT2D eigenvalue weighted by atomic mass is 32.2. The van der Waals surface area contributed by atoms with Crippen LogP contribution in [0, 0.1) is 6.92 Å². The number of rotatable bonds is 2. The fourth-order valence-electron chi connectivity index (χ4n) is 2.06. The molecule has 19 heavy (non-hydrogen) atoms. The number of sulfone groups is 1.